The van der Waals surface area contributed by atoms with Gasteiger partial charge in [-0.2, -0.15) is 0 Å². The number of hydrogen-bond donors (Lipinski definition) is 1. The van der Waals surface area contributed by atoms with Crippen molar-refractivity contribution < 1.29 is 0 Å². The van der Waals surface area contributed by atoms with Gasteiger partial charge in [0.2, 0.25) is 5.95 Å². The summed E-state index contributed by atoms with van der Waals surface area (Å²) in [6, 6.07) is 1.70. The Bertz CT molecular complexity index is 856. The number of aromatic amines is 1. The molecule has 7 nitrogen and oxygen atoms in total. The standard InChI is InChI=1S/C22H32N6O/c1-16(2)21-23-12-17(13-24-21)14-27-8-6-7-18(15-27)19-11-20(29)26-22(25-19)28-9-4-3-5-10-28/h11-13,16,18H,3-10,14-15H2,1-2H3,(H,25,26,29). The lowest BCUT2D eigenvalue weighted by Crippen LogP contribution is -2.36. The normalized spacial score (nSPS) is 20.9. The molecule has 4 rings (SSSR count). The zero-order chi connectivity index (χ0) is 20.2. The Morgan fingerprint density at radius 2 is 1.86 bits per heavy atom. The van der Waals surface area contributed by atoms with Crippen molar-refractivity contribution in [3.8, 4) is 0 Å². The zero-order valence-corrected chi connectivity index (χ0v) is 17.6. The van der Waals surface area contributed by atoms with Gasteiger partial charge in [0, 0.05) is 62.0 Å². The van der Waals surface area contributed by atoms with Gasteiger partial charge in [0.05, 0.1) is 5.69 Å². The van der Waals surface area contributed by atoms with Crippen LogP contribution in [-0.2, 0) is 6.54 Å². The molecule has 2 aromatic heterocycles. The first kappa shape index (κ1) is 20.0. The molecule has 7 heteroatoms. The van der Waals surface area contributed by atoms with Crippen LogP contribution in [0.5, 0.6) is 0 Å². The minimum Gasteiger partial charge on any atom is -0.342 e. The highest BCUT2D eigenvalue weighted by atomic mass is 16.1. The molecule has 0 spiro atoms. The maximum absolute atomic E-state index is 12.3. The third-order valence-electron chi connectivity index (χ3n) is 5.98. The van der Waals surface area contributed by atoms with Crippen LogP contribution in [0.25, 0.3) is 0 Å². The molecule has 156 valence electrons. The van der Waals surface area contributed by atoms with Crippen molar-refractivity contribution in [3.05, 3.63) is 45.9 Å². The molecule has 0 saturated carbocycles. The molecule has 1 atom stereocenters. The Balaban J connectivity index is 1.45. The first-order valence-electron chi connectivity index (χ1n) is 11.0. The molecule has 2 aromatic rings. The predicted octanol–water partition coefficient (Wildman–Crippen LogP) is 3.05. The summed E-state index contributed by atoms with van der Waals surface area (Å²) in [6.45, 7) is 9.00. The number of nitrogens with one attached hydrogen (secondary N) is 1. The van der Waals surface area contributed by atoms with E-state index in [2.05, 4.69) is 38.6 Å². The van der Waals surface area contributed by atoms with Gasteiger partial charge < -0.3 is 4.90 Å². The van der Waals surface area contributed by atoms with E-state index in [1.54, 1.807) is 6.07 Å². The topological polar surface area (TPSA) is 78.0 Å². The smallest absolute Gasteiger partial charge is 0.252 e. The summed E-state index contributed by atoms with van der Waals surface area (Å²) in [6.07, 6.45) is 9.70. The number of hydrogen-bond acceptors (Lipinski definition) is 6. The highest BCUT2D eigenvalue weighted by Crippen LogP contribution is 2.27. The van der Waals surface area contributed by atoms with E-state index in [1.807, 2.05) is 12.4 Å². The summed E-state index contributed by atoms with van der Waals surface area (Å²) in [5, 5.41) is 0. The van der Waals surface area contributed by atoms with E-state index in [0.29, 0.717) is 11.8 Å². The van der Waals surface area contributed by atoms with Crippen molar-refractivity contribution >= 4 is 5.95 Å². The van der Waals surface area contributed by atoms with E-state index in [4.69, 9.17) is 4.98 Å². The largest absolute Gasteiger partial charge is 0.342 e. The number of likely N-dealkylation sites (tertiary alicyclic amines) is 1. The highest BCUT2D eigenvalue weighted by molar-refractivity contribution is 5.31. The van der Waals surface area contributed by atoms with Gasteiger partial charge in [-0.05, 0) is 38.6 Å². The summed E-state index contributed by atoms with van der Waals surface area (Å²) >= 11 is 0. The Morgan fingerprint density at radius 3 is 2.59 bits per heavy atom. The van der Waals surface area contributed by atoms with E-state index >= 15 is 0 Å². The summed E-state index contributed by atoms with van der Waals surface area (Å²) in [5.74, 6) is 2.29. The summed E-state index contributed by atoms with van der Waals surface area (Å²) < 4.78 is 0. The van der Waals surface area contributed by atoms with Crippen LogP contribution in [0.15, 0.2) is 23.3 Å². The van der Waals surface area contributed by atoms with Crippen molar-refractivity contribution in [2.75, 3.05) is 31.1 Å². The number of anilines is 1. The second-order valence-electron chi connectivity index (χ2n) is 8.72. The van der Waals surface area contributed by atoms with Gasteiger partial charge in [-0.15, -0.1) is 0 Å². The quantitative estimate of drug-likeness (QED) is 0.837. The lowest BCUT2D eigenvalue weighted by atomic mass is 9.94. The Morgan fingerprint density at radius 1 is 1.10 bits per heavy atom. The molecule has 2 saturated heterocycles. The van der Waals surface area contributed by atoms with Crippen LogP contribution < -0.4 is 10.5 Å². The van der Waals surface area contributed by atoms with Crippen LogP contribution in [0, 0.1) is 0 Å². The summed E-state index contributed by atoms with van der Waals surface area (Å²) in [7, 11) is 0. The van der Waals surface area contributed by atoms with Crippen LogP contribution >= 0.6 is 0 Å². The van der Waals surface area contributed by atoms with Crippen LogP contribution in [0.2, 0.25) is 0 Å². The van der Waals surface area contributed by atoms with E-state index in [0.717, 1.165) is 68.6 Å². The minimum atomic E-state index is -0.0367. The lowest BCUT2D eigenvalue weighted by Gasteiger charge is -2.33. The van der Waals surface area contributed by atoms with Crippen LogP contribution in [-0.4, -0.2) is 51.0 Å². The molecule has 4 heterocycles. The van der Waals surface area contributed by atoms with Gasteiger partial charge in [0.1, 0.15) is 5.82 Å². The molecular weight excluding hydrogens is 364 g/mol. The van der Waals surface area contributed by atoms with Crippen molar-refractivity contribution in [1.82, 2.24) is 24.8 Å². The van der Waals surface area contributed by atoms with Crippen molar-refractivity contribution in [3.63, 3.8) is 0 Å². The Hall–Kier alpha value is -2.28. The highest BCUT2D eigenvalue weighted by Gasteiger charge is 2.24. The van der Waals surface area contributed by atoms with Gasteiger partial charge in [-0.1, -0.05) is 13.8 Å². The number of piperidine rings is 2. The first-order chi connectivity index (χ1) is 14.1. The van der Waals surface area contributed by atoms with Crippen LogP contribution in [0.3, 0.4) is 0 Å². The fraction of sp³-hybridized carbons (Fsp3) is 0.636. The van der Waals surface area contributed by atoms with Crippen LogP contribution in [0.4, 0.5) is 5.95 Å². The predicted molar refractivity (Wildman–Crippen MR) is 114 cm³/mol. The molecule has 0 aliphatic carbocycles. The average Bonchev–Trinajstić information content (AvgIpc) is 2.74. The monoisotopic (exact) mass is 396 g/mol. The van der Waals surface area contributed by atoms with Gasteiger partial charge in [-0.25, -0.2) is 15.0 Å². The molecule has 1 N–H and O–H groups in total. The molecule has 29 heavy (non-hydrogen) atoms. The van der Waals surface area contributed by atoms with Crippen LogP contribution in [0.1, 0.15) is 74.9 Å². The molecule has 2 aliphatic rings. The second kappa shape index (κ2) is 9.03. The maximum atomic E-state index is 12.3. The van der Waals surface area contributed by atoms with Gasteiger partial charge in [0.15, 0.2) is 0 Å². The summed E-state index contributed by atoms with van der Waals surface area (Å²) in [4.78, 5) is 33.8. The molecule has 0 amide bonds. The lowest BCUT2D eigenvalue weighted by molar-refractivity contribution is 0.198. The van der Waals surface area contributed by atoms with Gasteiger partial charge >= 0.3 is 0 Å². The average molecular weight is 397 g/mol. The molecule has 0 radical (unpaired) electrons. The number of H-pyrrole nitrogens is 1. The second-order valence-corrected chi connectivity index (χ2v) is 8.72. The molecular formula is C22H32N6O. The minimum absolute atomic E-state index is 0.0367. The molecule has 0 bridgehead atoms. The van der Waals surface area contributed by atoms with E-state index in [9.17, 15) is 4.79 Å². The number of nitrogens with zero attached hydrogens (tertiary/aromatic N) is 5. The van der Waals surface area contributed by atoms with Crippen molar-refractivity contribution in [1.29, 1.82) is 0 Å². The van der Waals surface area contributed by atoms with E-state index < -0.39 is 0 Å². The van der Waals surface area contributed by atoms with Crippen molar-refractivity contribution in [2.24, 2.45) is 0 Å². The molecule has 2 fully saturated rings. The third kappa shape index (κ3) is 5.01. The molecule has 1 unspecified atom stereocenters. The van der Waals surface area contributed by atoms with E-state index in [1.165, 1.54) is 19.3 Å². The number of rotatable bonds is 5. The van der Waals surface area contributed by atoms with E-state index in [-0.39, 0.29) is 5.56 Å². The van der Waals surface area contributed by atoms with Gasteiger partial charge in [0.25, 0.3) is 5.56 Å². The van der Waals surface area contributed by atoms with Gasteiger partial charge in [-0.3, -0.25) is 14.7 Å². The fourth-order valence-electron chi connectivity index (χ4n) is 4.37. The Kier molecular flexibility index (Phi) is 6.23. The first-order valence-corrected chi connectivity index (χ1v) is 11.0. The third-order valence-corrected chi connectivity index (χ3v) is 5.98. The number of aromatic nitrogens is 4. The molecule has 0 aromatic carbocycles. The SMILES string of the molecule is CC(C)c1ncc(CN2CCCC(c3cc(=O)[nH]c(N4CCCCC4)n3)C2)cn1. The zero-order valence-electron chi connectivity index (χ0n) is 17.6. The summed E-state index contributed by atoms with van der Waals surface area (Å²) in [5.41, 5.74) is 2.04. The van der Waals surface area contributed by atoms with Crippen molar-refractivity contribution in [2.45, 2.75) is 64.3 Å². The molecule has 2 aliphatic heterocycles. The fourth-order valence-corrected chi connectivity index (χ4v) is 4.37. The maximum Gasteiger partial charge on any atom is 0.252 e. The Labute approximate surface area is 172 Å².